The van der Waals surface area contributed by atoms with Crippen molar-refractivity contribution < 1.29 is 0 Å². The number of benzene rings is 2. The molecule has 0 heterocycles. The van der Waals surface area contributed by atoms with E-state index in [1.54, 1.807) is 0 Å². The molecule has 0 saturated heterocycles. The molecule has 1 unspecified atom stereocenters. The minimum absolute atomic E-state index is 0.490. The average molecular weight is 296 g/mol. The van der Waals surface area contributed by atoms with Crippen molar-refractivity contribution in [1.29, 1.82) is 0 Å². The number of nitrogen functional groups attached to an aromatic ring is 1. The summed E-state index contributed by atoms with van der Waals surface area (Å²) in [6.45, 7) is 4.51. The van der Waals surface area contributed by atoms with Crippen LogP contribution in [0.3, 0.4) is 0 Å². The first-order chi connectivity index (χ1) is 10.7. The van der Waals surface area contributed by atoms with Crippen LogP contribution in [0.1, 0.15) is 46.0 Å². The van der Waals surface area contributed by atoms with E-state index in [0.29, 0.717) is 6.04 Å². The fraction of sp³-hybridized carbons (Fsp3) is 0.400. The molecule has 0 spiro atoms. The molecule has 0 aliphatic rings. The van der Waals surface area contributed by atoms with Crippen molar-refractivity contribution in [1.82, 2.24) is 0 Å². The van der Waals surface area contributed by atoms with Crippen molar-refractivity contribution in [2.75, 3.05) is 11.1 Å². The van der Waals surface area contributed by atoms with Crippen LogP contribution >= 0.6 is 0 Å². The normalized spacial score (nSPS) is 12.1. The van der Waals surface area contributed by atoms with E-state index < -0.39 is 0 Å². The van der Waals surface area contributed by atoms with Crippen LogP contribution in [-0.4, -0.2) is 6.04 Å². The van der Waals surface area contributed by atoms with Crippen LogP contribution in [0.2, 0.25) is 0 Å². The molecule has 0 aliphatic carbocycles. The van der Waals surface area contributed by atoms with Gasteiger partial charge in [-0.05, 0) is 37.1 Å². The minimum atomic E-state index is 0.490. The highest BCUT2D eigenvalue weighted by atomic mass is 14.9. The molecule has 22 heavy (non-hydrogen) atoms. The fourth-order valence-electron chi connectivity index (χ4n) is 2.75. The molecule has 0 radical (unpaired) electrons. The van der Waals surface area contributed by atoms with Crippen molar-refractivity contribution in [2.45, 2.75) is 52.0 Å². The summed E-state index contributed by atoms with van der Waals surface area (Å²) in [4.78, 5) is 0. The Balaban J connectivity index is 2.00. The van der Waals surface area contributed by atoms with E-state index in [2.05, 4.69) is 43.4 Å². The van der Waals surface area contributed by atoms with Crippen molar-refractivity contribution in [3.63, 3.8) is 0 Å². The highest BCUT2D eigenvalue weighted by molar-refractivity contribution is 5.79. The Morgan fingerprint density at radius 1 is 1.00 bits per heavy atom. The van der Waals surface area contributed by atoms with Gasteiger partial charge in [0, 0.05) is 23.0 Å². The van der Waals surface area contributed by atoms with Gasteiger partial charge in [0.15, 0.2) is 0 Å². The van der Waals surface area contributed by atoms with Crippen LogP contribution in [0.5, 0.6) is 0 Å². The Hall–Kier alpha value is -1.96. The molecule has 2 nitrogen and oxygen atoms in total. The summed E-state index contributed by atoms with van der Waals surface area (Å²) in [5.41, 5.74) is 10.4. The van der Waals surface area contributed by atoms with E-state index in [9.17, 15) is 0 Å². The van der Waals surface area contributed by atoms with Crippen molar-refractivity contribution in [3.05, 3.63) is 48.5 Å². The fourth-order valence-corrected chi connectivity index (χ4v) is 2.75. The van der Waals surface area contributed by atoms with Crippen molar-refractivity contribution in [2.24, 2.45) is 0 Å². The first-order valence-corrected chi connectivity index (χ1v) is 8.42. The van der Waals surface area contributed by atoms with Crippen LogP contribution < -0.4 is 11.1 Å². The zero-order chi connectivity index (χ0) is 15.8. The first-order valence-electron chi connectivity index (χ1n) is 8.42. The van der Waals surface area contributed by atoms with Gasteiger partial charge in [-0.3, -0.25) is 0 Å². The second kappa shape index (κ2) is 8.47. The molecule has 0 aromatic heterocycles. The number of nitrogens with two attached hydrogens (primary N) is 1. The van der Waals surface area contributed by atoms with E-state index in [4.69, 9.17) is 5.73 Å². The zero-order valence-electron chi connectivity index (χ0n) is 13.8. The second-order valence-corrected chi connectivity index (χ2v) is 6.06. The summed E-state index contributed by atoms with van der Waals surface area (Å²) in [5.74, 6) is 0. The van der Waals surface area contributed by atoms with E-state index in [0.717, 1.165) is 16.9 Å². The Kier molecular flexibility index (Phi) is 6.32. The Morgan fingerprint density at radius 2 is 1.77 bits per heavy atom. The summed E-state index contributed by atoms with van der Waals surface area (Å²) in [6.07, 6.45) is 6.47. The molecule has 0 bridgehead atoms. The molecule has 0 amide bonds. The highest BCUT2D eigenvalue weighted by Crippen LogP contribution is 2.29. The number of hydrogen-bond donors (Lipinski definition) is 2. The summed E-state index contributed by atoms with van der Waals surface area (Å²) in [7, 11) is 0. The third kappa shape index (κ3) is 4.80. The second-order valence-electron chi connectivity index (χ2n) is 6.06. The molecular formula is C20H28N2. The van der Waals surface area contributed by atoms with E-state index in [1.165, 1.54) is 37.7 Å². The predicted molar refractivity (Wildman–Crippen MR) is 98.1 cm³/mol. The first kappa shape index (κ1) is 16.4. The Bertz CT molecular complexity index is 563. The van der Waals surface area contributed by atoms with Gasteiger partial charge in [0.25, 0.3) is 0 Å². The molecule has 118 valence electrons. The number of rotatable bonds is 8. The molecule has 0 aliphatic heterocycles. The molecule has 2 aromatic carbocycles. The van der Waals surface area contributed by atoms with Gasteiger partial charge in [-0.15, -0.1) is 0 Å². The molecule has 2 rings (SSSR count). The quantitative estimate of drug-likeness (QED) is 0.484. The third-order valence-electron chi connectivity index (χ3n) is 4.04. The number of nitrogens with one attached hydrogen (secondary N) is 1. The minimum Gasteiger partial charge on any atom is -0.398 e. The number of anilines is 2. The Labute approximate surface area is 134 Å². The van der Waals surface area contributed by atoms with Crippen molar-refractivity contribution >= 4 is 11.4 Å². The number of hydrogen-bond acceptors (Lipinski definition) is 2. The molecular weight excluding hydrogens is 268 g/mol. The third-order valence-corrected chi connectivity index (χ3v) is 4.04. The van der Waals surface area contributed by atoms with E-state index in [1.807, 2.05) is 24.3 Å². The molecule has 2 aromatic rings. The average Bonchev–Trinajstić information content (AvgIpc) is 2.54. The SMILES string of the molecule is CCCCCCC(C)Nc1ccc(N)c(-c2ccccc2)c1. The van der Waals surface area contributed by atoms with Gasteiger partial charge in [0.2, 0.25) is 0 Å². The number of unbranched alkanes of at least 4 members (excludes halogenated alkanes) is 3. The van der Waals surface area contributed by atoms with Gasteiger partial charge in [-0.2, -0.15) is 0 Å². The Morgan fingerprint density at radius 3 is 2.50 bits per heavy atom. The largest absolute Gasteiger partial charge is 0.398 e. The van der Waals surface area contributed by atoms with E-state index in [-0.39, 0.29) is 0 Å². The molecule has 0 fully saturated rings. The molecule has 3 N–H and O–H groups in total. The summed E-state index contributed by atoms with van der Waals surface area (Å²) in [6, 6.07) is 17.0. The predicted octanol–water partition coefficient (Wildman–Crippen LogP) is 5.71. The maximum Gasteiger partial charge on any atom is 0.0395 e. The van der Waals surface area contributed by atoms with Gasteiger partial charge in [0.05, 0.1) is 0 Å². The summed E-state index contributed by atoms with van der Waals surface area (Å²) in [5, 5.41) is 3.60. The molecule has 2 heteroatoms. The molecule has 1 atom stereocenters. The molecule has 0 saturated carbocycles. The lowest BCUT2D eigenvalue weighted by molar-refractivity contribution is 0.594. The zero-order valence-corrected chi connectivity index (χ0v) is 13.8. The monoisotopic (exact) mass is 296 g/mol. The van der Waals surface area contributed by atoms with Gasteiger partial charge >= 0.3 is 0 Å². The van der Waals surface area contributed by atoms with Crippen LogP contribution in [0.25, 0.3) is 11.1 Å². The van der Waals surface area contributed by atoms with Gasteiger partial charge in [0.1, 0.15) is 0 Å². The summed E-state index contributed by atoms with van der Waals surface area (Å²) >= 11 is 0. The van der Waals surface area contributed by atoms with Crippen molar-refractivity contribution in [3.8, 4) is 11.1 Å². The van der Waals surface area contributed by atoms with E-state index >= 15 is 0 Å². The van der Waals surface area contributed by atoms with Crippen LogP contribution in [-0.2, 0) is 0 Å². The standard InChI is InChI=1S/C20H28N2/c1-3-4-5-7-10-16(2)22-18-13-14-20(21)19(15-18)17-11-8-6-9-12-17/h6,8-9,11-16,22H,3-5,7,10,21H2,1-2H3. The lowest BCUT2D eigenvalue weighted by Gasteiger charge is -2.17. The maximum atomic E-state index is 6.14. The lowest BCUT2D eigenvalue weighted by Crippen LogP contribution is -2.15. The summed E-state index contributed by atoms with van der Waals surface area (Å²) < 4.78 is 0. The smallest absolute Gasteiger partial charge is 0.0395 e. The van der Waals surface area contributed by atoms with Gasteiger partial charge in [-0.1, -0.05) is 62.9 Å². The maximum absolute atomic E-state index is 6.14. The van der Waals surface area contributed by atoms with Crippen LogP contribution in [0.15, 0.2) is 48.5 Å². The highest BCUT2D eigenvalue weighted by Gasteiger charge is 2.06. The van der Waals surface area contributed by atoms with Crippen LogP contribution in [0, 0.1) is 0 Å². The lowest BCUT2D eigenvalue weighted by atomic mass is 10.0. The topological polar surface area (TPSA) is 38.0 Å². The van der Waals surface area contributed by atoms with Gasteiger partial charge < -0.3 is 11.1 Å². The van der Waals surface area contributed by atoms with Gasteiger partial charge in [-0.25, -0.2) is 0 Å². The van der Waals surface area contributed by atoms with Crippen LogP contribution in [0.4, 0.5) is 11.4 Å².